The predicted molar refractivity (Wildman–Crippen MR) is 70.6 cm³/mol. The highest BCUT2D eigenvalue weighted by Crippen LogP contribution is 2.06. The van der Waals surface area contributed by atoms with Crippen molar-refractivity contribution in [3.8, 4) is 0 Å². The molecule has 102 valence electrons. The van der Waals surface area contributed by atoms with Crippen molar-refractivity contribution in [3.05, 3.63) is 35.9 Å². The summed E-state index contributed by atoms with van der Waals surface area (Å²) >= 11 is 0. The maximum Gasteiger partial charge on any atom is 0.322 e. The molecule has 0 bridgehead atoms. The number of esters is 1. The van der Waals surface area contributed by atoms with E-state index in [1.165, 1.54) is 10.5 Å². The third kappa shape index (κ3) is 3.64. The Labute approximate surface area is 113 Å². The van der Waals surface area contributed by atoms with Crippen LogP contribution in [0.15, 0.2) is 30.3 Å². The topological polar surface area (TPSA) is 47.8 Å². The van der Waals surface area contributed by atoms with Crippen molar-refractivity contribution in [2.75, 3.05) is 19.7 Å². The molecule has 0 aromatic heterocycles. The van der Waals surface area contributed by atoms with Gasteiger partial charge < -0.3 is 9.64 Å². The Morgan fingerprint density at radius 2 is 2.11 bits per heavy atom. The highest BCUT2D eigenvalue weighted by atomic mass is 16.5. The molecule has 2 rings (SSSR count). The van der Waals surface area contributed by atoms with Crippen molar-refractivity contribution in [1.29, 1.82) is 0 Å². The molecule has 4 nitrogen and oxygen atoms in total. The molecule has 0 radical (unpaired) electrons. The van der Waals surface area contributed by atoms with Crippen molar-refractivity contribution in [2.24, 2.45) is 5.92 Å². The van der Waals surface area contributed by atoms with Gasteiger partial charge in [-0.2, -0.15) is 0 Å². The first-order valence-corrected chi connectivity index (χ1v) is 6.77. The molecule has 19 heavy (non-hydrogen) atoms. The van der Waals surface area contributed by atoms with Crippen LogP contribution in [0.25, 0.3) is 0 Å². The lowest BCUT2D eigenvalue weighted by Crippen LogP contribution is -3.13. The molecule has 1 aromatic carbocycles. The first-order valence-electron chi connectivity index (χ1n) is 6.77. The van der Waals surface area contributed by atoms with Crippen molar-refractivity contribution < 1.29 is 19.2 Å². The molecule has 1 aliphatic rings. The van der Waals surface area contributed by atoms with Gasteiger partial charge in [-0.05, 0) is 6.92 Å². The fourth-order valence-electron chi connectivity index (χ4n) is 2.48. The van der Waals surface area contributed by atoms with E-state index in [0.29, 0.717) is 19.6 Å². The largest absolute Gasteiger partial charge is 0.465 e. The first-order chi connectivity index (χ1) is 9.20. The van der Waals surface area contributed by atoms with Gasteiger partial charge in [-0.1, -0.05) is 30.3 Å². The van der Waals surface area contributed by atoms with Crippen LogP contribution < -0.4 is 4.90 Å². The first kappa shape index (κ1) is 13.7. The number of rotatable bonds is 4. The van der Waals surface area contributed by atoms with E-state index >= 15 is 0 Å². The van der Waals surface area contributed by atoms with Gasteiger partial charge in [0.1, 0.15) is 6.54 Å². The number of carbonyl (C=O) groups excluding carboxylic acids is 2. The van der Waals surface area contributed by atoms with Crippen molar-refractivity contribution >= 4 is 11.8 Å². The molecular formula is C15H20NO3+. The third-order valence-corrected chi connectivity index (χ3v) is 3.47. The van der Waals surface area contributed by atoms with Crippen LogP contribution in [-0.4, -0.2) is 31.4 Å². The van der Waals surface area contributed by atoms with E-state index in [-0.39, 0.29) is 11.8 Å². The number of carbonyl (C=O) groups is 2. The Bertz CT molecular complexity index is 444. The maximum absolute atomic E-state index is 11.8. The number of hydrogen-bond acceptors (Lipinski definition) is 3. The van der Waals surface area contributed by atoms with Crippen LogP contribution in [0.4, 0.5) is 0 Å². The normalized spacial score (nSPS) is 23.1. The Morgan fingerprint density at radius 3 is 2.79 bits per heavy atom. The zero-order valence-corrected chi connectivity index (χ0v) is 11.2. The van der Waals surface area contributed by atoms with Gasteiger partial charge >= 0.3 is 5.97 Å². The van der Waals surface area contributed by atoms with Gasteiger partial charge in [0.15, 0.2) is 11.7 Å². The quantitative estimate of drug-likeness (QED) is 0.624. The van der Waals surface area contributed by atoms with E-state index in [4.69, 9.17) is 4.74 Å². The standard InChI is InChI=1S/C15H19NO3/c1-2-19-15(18)13-11-16(9-8-14(13)17)10-12-6-4-3-5-7-12/h3-7,13H,2,8-11H2,1H3/p+1/t13-/m1/s1. The smallest absolute Gasteiger partial charge is 0.322 e. The molecule has 1 N–H and O–H groups in total. The Hall–Kier alpha value is -1.68. The van der Waals surface area contributed by atoms with Crippen LogP contribution >= 0.6 is 0 Å². The minimum atomic E-state index is -0.576. The highest BCUT2D eigenvalue weighted by Gasteiger charge is 2.36. The third-order valence-electron chi connectivity index (χ3n) is 3.47. The molecule has 4 heteroatoms. The van der Waals surface area contributed by atoms with Crippen LogP contribution in [0.5, 0.6) is 0 Å². The van der Waals surface area contributed by atoms with E-state index in [2.05, 4.69) is 12.1 Å². The Balaban J connectivity index is 1.97. The molecule has 0 saturated carbocycles. The van der Waals surface area contributed by atoms with Gasteiger partial charge in [0.2, 0.25) is 0 Å². The second kappa shape index (κ2) is 6.48. The van der Waals surface area contributed by atoms with Crippen molar-refractivity contribution in [3.63, 3.8) is 0 Å². The fraction of sp³-hybridized carbons (Fsp3) is 0.467. The van der Waals surface area contributed by atoms with Gasteiger partial charge in [0.05, 0.1) is 26.1 Å². The SMILES string of the molecule is CCOC(=O)[C@@H]1C[NH+](Cc2ccccc2)CCC1=O. The summed E-state index contributed by atoms with van der Waals surface area (Å²) in [5.74, 6) is -0.916. The van der Waals surface area contributed by atoms with Crippen LogP contribution in [-0.2, 0) is 20.9 Å². The number of hydrogen-bond donors (Lipinski definition) is 1. The lowest BCUT2D eigenvalue weighted by atomic mass is 9.96. The zero-order chi connectivity index (χ0) is 13.7. The zero-order valence-electron chi connectivity index (χ0n) is 11.2. The number of benzene rings is 1. The number of ketones is 1. The summed E-state index contributed by atoms with van der Waals surface area (Å²) in [6.45, 7) is 4.29. The van der Waals surface area contributed by atoms with Crippen LogP contribution in [0, 0.1) is 5.92 Å². The van der Waals surface area contributed by atoms with E-state index < -0.39 is 5.92 Å². The number of quaternary nitrogens is 1. The number of piperidine rings is 1. The summed E-state index contributed by atoms with van der Waals surface area (Å²) in [4.78, 5) is 24.8. The molecule has 1 saturated heterocycles. The van der Waals surface area contributed by atoms with Crippen LogP contribution in [0.1, 0.15) is 18.9 Å². The molecule has 0 aliphatic carbocycles. The fourth-order valence-corrected chi connectivity index (χ4v) is 2.48. The second-order valence-electron chi connectivity index (χ2n) is 4.89. The van der Waals surface area contributed by atoms with Gasteiger partial charge in [-0.3, -0.25) is 9.59 Å². The molecular weight excluding hydrogens is 242 g/mol. The molecule has 0 amide bonds. The van der Waals surface area contributed by atoms with Crippen LogP contribution in [0.3, 0.4) is 0 Å². The summed E-state index contributed by atoms with van der Waals surface area (Å²) in [5, 5.41) is 0. The number of ether oxygens (including phenoxy) is 1. The monoisotopic (exact) mass is 262 g/mol. The molecule has 1 fully saturated rings. The average Bonchev–Trinajstić information content (AvgIpc) is 2.42. The molecule has 2 atom stereocenters. The van der Waals surface area contributed by atoms with Crippen LogP contribution in [0.2, 0.25) is 0 Å². The van der Waals surface area contributed by atoms with Crippen molar-refractivity contribution in [1.82, 2.24) is 0 Å². The maximum atomic E-state index is 11.8. The molecule has 1 aliphatic heterocycles. The summed E-state index contributed by atoms with van der Waals surface area (Å²) in [5.41, 5.74) is 1.23. The molecule has 1 heterocycles. The highest BCUT2D eigenvalue weighted by molar-refractivity contribution is 5.99. The number of Topliss-reactive ketones (excluding diaryl/α,β-unsaturated/α-hetero) is 1. The molecule has 1 unspecified atom stereocenters. The molecule has 0 spiro atoms. The van der Waals surface area contributed by atoms with Gasteiger partial charge in [0, 0.05) is 5.56 Å². The minimum absolute atomic E-state index is 0.0234. The van der Waals surface area contributed by atoms with E-state index in [1.54, 1.807) is 6.92 Å². The number of likely N-dealkylation sites (tertiary alicyclic amines) is 1. The van der Waals surface area contributed by atoms with E-state index in [1.807, 2.05) is 18.2 Å². The van der Waals surface area contributed by atoms with Gasteiger partial charge in [-0.25, -0.2) is 0 Å². The average molecular weight is 262 g/mol. The van der Waals surface area contributed by atoms with E-state index in [0.717, 1.165) is 13.1 Å². The van der Waals surface area contributed by atoms with Crippen molar-refractivity contribution in [2.45, 2.75) is 19.9 Å². The summed E-state index contributed by atoms with van der Waals surface area (Å²) in [7, 11) is 0. The summed E-state index contributed by atoms with van der Waals surface area (Å²) in [6, 6.07) is 10.1. The molecule has 1 aromatic rings. The van der Waals surface area contributed by atoms with E-state index in [9.17, 15) is 9.59 Å². The predicted octanol–water partition coefficient (Wildman–Crippen LogP) is 0.224. The Kier molecular flexibility index (Phi) is 4.68. The Morgan fingerprint density at radius 1 is 1.37 bits per heavy atom. The minimum Gasteiger partial charge on any atom is -0.465 e. The lowest BCUT2D eigenvalue weighted by molar-refractivity contribution is -0.917. The summed E-state index contributed by atoms with van der Waals surface area (Å²) < 4.78 is 4.98. The number of nitrogens with one attached hydrogen (secondary N) is 1. The van der Waals surface area contributed by atoms with Gasteiger partial charge in [0.25, 0.3) is 0 Å². The second-order valence-corrected chi connectivity index (χ2v) is 4.89. The van der Waals surface area contributed by atoms with Gasteiger partial charge in [-0.15, -0.1) is 0 Å². The summed E-state index contributed by atoms with van der Waals surface area (Å²) in [6.07, 6.45) is 0.464. The lowest BCUT2D eigenvalue weighted by Gasteiger charge is -2.27.